The summed E-state index contributed by atoms with van der Waals surface area (Å²) in [5.74, 6) is -1.57. The number of halogens is 1. The van der Waals surface area contributed by atoms with Gasteiger partial charge in [0, 0.05) is 31.2 Å². The molecule has 3 amide bonds. The van der Waals surface area contributed by atoms with Gasteiger partial charge in [-0.3, -0.25) is 14.4 Å². The van der Waals surface area contributed by atoms with Crippen LogP contribution in [0.25, 0.3) is 0 Å². The van der Waals surface area contributed by atoms with Crippen LogP contribution in [0.5, 0.6) is 0 Å². The predicted molar refractivity (Wildman–Crippen MR) is 125 cm³/mol. The Morgan fingerprint density at radius 2 is 1.65 bits per heavy atom. The van der Waals surface area contributed by atoms with Crippen molar-refractivity contribution in [1.29, 1.82) is 0 Å². The number of benzene rings is 1. The third-order valence-corrected chi connectivity index (χ3v) is 8.28. The highest BCUT2D eigenvalue weighted by atomic mass is 35.5. The second-order valence-electron chi connectivity index (χ2n) is 7.42. The summed E-state index contributed by atoms with van der Waals surface area (Å²) in [6.07, 6.45) is 1.40. The van der Waals surface area contributed by atoms with E-state index < -0.39 is 27.0 Å². The van der Waals surface area contributed by atoms with Crippen molar-refractivity contribution in [3.05, 3.63) is 75.8 Å². The molecular weight excluding hydrogens is 502 g/mol. The molecule has 1 saturated heterocycles. The fraction of sp³-hybridized carbons (Fsp3) is 0.227. The van der Waals surface area contributed by atoms with E-state index in [1.807, 2.05) is 0 Å². The molecule has 1 atom stereocenters. The normalized spacial score (nSPS) is 15.1. The van der Waals surface area contributed by atoms with Gasteiger partial charge in [0.2, 0.25) is 15.2 Å². The first-order valence-corrected chi connectivity index (χ1v) is 13.0. The number of carbonyl (C=O) groups is 3. The lowest BCUT2D eigenvalue weighted by Crippen LogP contribution is -2.57. The van der Waals surface area contributed by atoms with Crippen LogP contribution < -0.4 is 5.32 Å². The first-order chi connectivity index (χ1) is 16.3. The number of rotatable bonds is 6. The molecule has 0 unspecified atom stereocenters. The molecule has 0 radical (unpaired) electrons. The second kappa shape index (κ2) is 10.00. The van der Waals surface area contributed by atoms with Crippen molar-refractivity contribution in [2.45, 2.75) is 10.3 Å². The topological polar surface area (TPSA) is 117 Å². The molecule has 1 aliphatic heterocycles. The van der Waals surface area contributed by atoms with Crippen molar-refractivity contribution < 1.29 is 27.2 Å². The quantitative estimate of drug-likeness (QED) is 0.532. The number of hydrogen-bond donors (Lipinski definition) is 1. The van der Waals surface area contributed by atoms with Crippen LogP contribution in [0.1, 0.15) is 20.2 Å². The van der Waals surface area contributed by atoms with Crippen molar-refractivity contribution in [1.82, 2.24) is 15.1 Å². The molecule has 9 nitrogen and oxygen atoms in total. The van der Waals surface area contributed by atoms with Crippen LogP contribution in [0, 0.1) is 0 Å². The summed E-state index contributed by atoms with van der Waals surface area (Å²) in [5.41, 5.74) is 0. The van der Waals surface area contributed by atoms with Crippen molar-refractivity contribution in [3.8, 4) is 0 Å². The Hall–Kier alpha value is -3.15. The van der Waals surface area contributed by atoms with Crippen LogP contribution in [0.15, 0.2) is 69.5 Å². The van der Waals surface area contributed by atoms with Gasteiger partial charge in [-0.1, -0.05) is 17.7 Å². The number of amides is 3. The Labute approximate surface area is 204 Å². The van der Waals surface area contributed by atoms with Crippen molar-refractivity contribution in [3.63, 3.8) is 0 Å². The standard InChI is InChI=1S/C22H20ClN3O6S2/c23-15-5-7-16(8-6-15)34(30,31)20(24-19(27)18-4-2-14-33-18)22(29)26-11-9-25(10-12-26)21(28)17-3-1-13-32-17/h1-8,13-14,20H,9-12H2,(H,24,27)/t20-/m0/s1. The minimum Gasteiger partial charge on any atom is -0.459 e. The van der Waals surface area contributed by atoms with Crippen LogP contribution >= 0.6 is 22.9 Å². The highest BCUT2D eigenvalue weighted by Gasteiger charge is 2.40. The van der Waals surface area contributed by atoms with Gasteiger partial charge < -0.3 is 19.5 Å². The third kappa shape index (κ3) is 5.01. The number of hydrogen-bond acceptors (Lipinski definition) is 7. The summed E-state index contributed by atoms with van der Waals surface area (Å²) in [6, 6.07) is 11.7. The number of nitrogens with zero attached hydrogens (tertiary/aromatic N) is 2. The molecule has 178 valence electrons. The number of sulfone groups is 1. The summed E-state index contributed by atoms with van der Waals surface area (Å²) in [7, 11) is -4.29. The molecule has 2 aromatic heterocycles. The summed E-state index contributed by atoms with van der Waals surface area (Å²) in [6.45, 7) is 0.593. The Morgan fingerprint density at radius 1 is 0.971 bits per heavy atom. The fourth-order valence-electron chi connectivity index (χ4n) is 3.48. The molecule has 0 saturated carbocycles. The van der Waals surface area contributed by atoms with Crippen molar-refractivity contribution >= 4 is 50.5 Å². The molecule has 1 aliphatic rings. The molecule has 1 fully saturated rings. The number of nitrogens with one attached hydrogen (secondary N) is 1. The number of furan rings is 1. The molecule has 0 aliphatic carbocycles. The monoisotopic (exact) mass is 521 g/mol. The highest BCUT2D eigenvalue weighted by Crippen LogP contribution is 2.21. The minimum absolute atomic E-state index is 0.104. The van der Waals surface area contributed by atoms with Crippen molar-refractivity contribution in [2.24, 2.45) is 0 Å². The zero-order chi connectivity index (χ0) is 24.3. The molecule has 1 aromatic carbocycles. The van der Waals surface area contributed by atoms with Crippen LogP contribution in [0.3, 0.4) is 0 Å². The van der Waals surface area contributed by atoms with Gasteiger partial charge >= 0.3 is 0 Å². The van der Waals surface area contributed by atoms with Crippen LogP contribution in [-0.4, -0.2) is 67.5 Å². The Kier molecular flexibility index (Phi) is 7.05. The minimum atomic E-state index is -4.29. The third-order valence-electron chi connectivity index (χ3n) is 5.29. The van der Waals surface area contributed by atoms with E-state index in [0.717, 1.165) is 11.3 Å². The van der Waals surface area contributed by atoms with E-state index in [4.69, 9.17) is 16.0 Å². The highest BCUT2D eigenvalue weighted by molar-refractivity contribution is 7.92. The zero-order valence-electron chi connectivity index (χ0n) is 17.7. The van der Waals surface area contributed by atoms with Gasteiger partial charge in [-0.05, 0) is 47.8 Å². The maximum absolute atomic E-state index is 13.4. The van der Waals surface area contributed by atoms with Crippen LogP contribution in [-0.2, 0) is 14.6 Å². The fourth-order valence-corrected chi connectivity index (χ4v) is 5.70. The van der Waals surface area contributed by atoms with Gasteiger partial charge in [0.1, 0.15) is 0 Å². The number of thiophene rings is 1. The SMILES string of the molecule is O=C(N[C@H](C(=O)N1CCN(C(=O)c2ccco2)CC1)S(=O)(=O)c1ccc(Cl)cc1)c1cccs1. The van der Waals surface area contributed by atoms with E-state index in [2.05, 4.69) is 5.32 Å². The molecule has 34 heavy (non-hydrogen) atoms. The maximum atomic E-state index is 13.4. The summed E-state index contributed by atoms with van der Waals surface area (Å²) in [5, 5.41) is 2.56. The average Bonchev–Trinajstić information content (AvgIpc) is 3.57. The van der Waals surface area contributed by atoms with Gasteiger partial charge in [0.05, 0.1) is 16.0 Å². The van der Waals surface area contributed by atoms with Gasteiger partial charge in [0.15, 0.2) is 5.76 Å². The van der Waals surface area contributed by atoms with Gasteiger partial charge in [0.25, 0.3) is 17.7 Å². The van der Waals surface area contributed by atoms with E-state index in [1.165, 1.54) is 46.4 Å². The van der Waals surface area contributed by atoms with E-state index in [-0.39, 0.29) is 47.6 Å². The molecule has 12 heteroatoms. The van der Waals surface area contributed by atoms with Crippen LogP contribution in [0.2, 0.25) is 5.02 Å². The van der Waals surface area contributed by atoms with E-state index >= 15 is 0 Å². The van der Waals surface area contributed by atoms with E-state index in [9.17, 15) is 22.8 Å². The average molecular weight is 522 g/mol. The molecule has 0 spiro atoms. The Balaban J connectivity index is 1.55. The summed E-state index contributed by atoms with van der Waals surface area (Å²) < 4.78 is 31.9. The first kappa shape index (κ1) is 24.0. The van der Waals surface area contributed by atoms with Gasteiger partial charge in [-0.15, -0.1) is 11.3 Å². The molecule has 3 heterocycles. The zero-order valence-corrected chi connectivity index (χ0v) is 20.1. The number of piperazine rings is 1. The molecular formula is C22H20ClN3O6S2. The summed E-state index contributed by atoms with van der Waals surface area (Å²) >= 11 is 7.01. The lowest BCUT2D eigenvalue weighted by molar-refractivity contribution is -0.132. The molecule has 1 N–H and O–H groups in total. The van der Waals surface area contributed by atoms with E-state index in [1.54, 1.807) is 23.6 Å². The lowest BCUT2D eigenvalue weighted by atomic mass is 10.2. The maximum Gasteiger partial charge on any atom is 0.289 e. The lowest BCUT2D eigenvalue weighted by Gasteiger charge is -2.36. The first-order valence-electron chi connectivity index (χ1n) is 10.2. The Bertz CT molecular complexity index is 1270. The smallest absolute Gasteiger partial charge is 0.289 e. The van der Waals surface area contributed by atoms with Crippen LogP contribution in [0.4, 0.5) is 0 Å². The van der Waals surface area contributed by atoms with E-state index in [0.29, 0.717) is 5.02 Å². The predicted octanol–water partition coefficient (Wildman–Crippen LogP) is 2.51. The van der Waals surface area contributed by atoms with Gasteiger partial charge in [-0.2, -0.15) is 0 Å². The second-order valence-corrected chi connectivity index (χ2v) is 10.8. The summed E-state index contributed by atoms with van der Waals surface area (Å²) in [4.78, 5) is 41.5. The Morgan fingerprint density at radius 3 is 2.24 bits per heavy atom. The molecule has 0 bridgehead atoms. The largest absolute Gasteiger partial charge is 0.459 e. The van der Waals surface area contributed by atoms with Crippen molar-refractivity contribution in [2.75, 3.05) is 26.2 Å². The number of carbonyl (C=O) groups excluding carboxylic acids is 3. The molecule has 4 rings (SSSR count). The molecule has 3 aromatic rings. The van der Waals surface area contributed by atoms with Gasteiger partial charge in [-0.25, -0.2) is 8.42 Å².